The third-order valence-electron chi connectivity index (χ3n) is 6.37. The van der Waals surface area contributed by atoms with Crippen molar-refractivity contribution in [3.05, 3.63) is 55.7 Å². The van der Waals surface area contributed by atoms with Gasteiger partial charge in [0.25, 0.3) is 11.5 Å². The smallest absolute Gasteiger partial charge is 0.270 e. The molecule has 0 radical (unpaired) electrons. The molecule has 1 amide bonds. The maximum Gasteiger partial charge on any atom is 0.270 e. The highest BCUT2D eigenvalue weighted by Gasteiger charge is 2.32. The number of pyridine rings is 1. The summed E-state index contributed by atoms with van der Waals surface area (Å²) in [5, 5.41) is 13.1. The molecule has 0 saturated carbocycles. The molecule has 39 heavy (non-hydrogen) atoms. The number of amides is 1. The van der Waals surface area contributed by atoms with E-state index in [4.69, 9.17) is 26.4 Å². The first-order valence-corrected chi connectivity index (χ1v) is 14.0. The molecule has 9 nitrogen and oxygen atoms in total. The molecule has 208 valence electrons. The number of nitriles is 1. The molecule has 1 N–H and O–H groups in total. The van der Waals surface area contributed by atoms with Crippen molar-refractivity contribution < 1.29 is 19.0 Å². The maximum atomic E-state index is 13.2. The third kappa shape index (κ3) is 6.82. The molecule has 2 aromatic rings. The first kappa shape index (κ1) is 30.2. The fourth-order valence-electron chi connectivity index (χ4n) is 4.31. The Hall–Kier alpha value is -3.33. The number of thiocarbonyl (C=S) groups is 1. The zero-order chi connectivity index (χ0) is 28.5. The van der Waals surface area contributed by atoms with Crippen LogP contribution in [-0.4, -0.2) is 60.2 Å². The van der Waals surface area contributed by atoms with Crippen molar-refractivity contribution in [2.24, 2.45) is 0 Å². The average Bonchev–Trinajstić information content (AvgIpc) is 3.20. The van der Waals surface area contributed by atoms with Gasteiger partial charge in [-0.25, -0.2) is 0 Å². The largest absolute Gasteiger partial charge is 0.493 e. The van der Waals surface area contributed by atoms with Crippen molar-refractivity contribution >= 4 is 46.1 Å². The number of carbonyl (C=O) groups is 1. The minimum atomic E-state index is -0.369. The number of rotatable bonds is 13. The minimum Gasteiger partial charge on any atom is -0.493 e. The number of nitrogens with zero attached hydrogens (tertiary/aromatic N) is 3. The van der Waals surface area contributed by atoms with Crippen molar-refractivity contribution in [3.8, 4) is 17.6 Å². The van der Waals surface area contributed by atoms with Gasteiger partial charge in [0.2, 0.25) is 0 Å². The van der Waals surface area contributed by atoms with Gasteiger partial charge >= 0.3 is 0 Å². The van der Waals surface area contributed by atoms with Crippen LogP contribution in [0.5, 0.6) is 11.5 Å². The number of thioether (sulfide) groups is 1. The van der Waals surface area contributed by atoms with E-state index in [0.29, 0.717) is 83.4 Å². The maximum absolute atomic E-state index is 13.2. The van der Waals surface area contributed by atoms with E-state index in [-0.39, 0.29) is 17.0 Å². The van der Waals surface area contributed by atoms with Crippen molar-refractivity contribution in [2.45, 2.75) is 40.2 Å². The van der Waals surface area contributed by atoms with Gasteiger partial charge in [0.05, 0.1) is 19.1 Å². The fourth-order valence-corrected chi connectivity index (χ4v) is 5.60. The van der Waals surface area contributed by atoms with Crippen LogP contribution >= 0.6 is 24.0 Å². The molecular formula is C28H34N4O5S2. The van der Waals surface area contributed by atoms with Crippen LogP contribution in [0.15, 0.2) is 27.9 Å². The van der Waals surface area contributed by atoms with E-state index in [1.165, 1.54) is 16.3 Å². The van der Waals surface area contributed by atoms with Gasteiger partial charge in [-0.2, -0.15) is 5.26 Å². The molecule has 0 atom stereocenters. The Labute approximate surface area is 238 Å². The first-order chi connectivity index (χ1) is 18.8. The van der Waals surface area contributed by atoms with Crippen LogP contribution < -0.4 is 20.3 Å². The van der Waals surface area contributed by atoms with Gasteiger partial charge < -0.3 is 19.5 Å². The quantitative estimate of drug-likeness (QED) is 0.214. The number of carbonyl (C=O) groups excluding carboxylic acids is 1. The third-order valence-corrected chi connectivity index (χ3v) is 7.75. The van der Waals surface area contributed by atoms with Crippen LogP contribution in [0, 0.1) is 18.3 Å². The summed E-state index contributed by atoms with van der Waals surface area (Å²) >= 11 is 6.70. The molecule has 2 heterocycles. The molecule has 0 unspecified atom stereocenters. The number of hydrogen-bond acceptors (Lipinski definition) is 9. The Balaban J connectivity index is 1.94. The number of hydrogen-bond donors (Lipinski definition) is 1. The number of methoxy groups -OCH3 is 2. The first-order valence-electron chi connectivity index (χ1n) is 12.8. The van der Waals surface area contributed by atoms with Crippen molar-refractivity contribution in [1.82, 2.24) is 9.47 Å². The van der Waals surface area contributed by atoms with Gasteiger partial charge in [0, 0.05) is 38.4 Å². The highest BCUT2D eigenvalue weighted by molar-refractivity contribution is 8.26. The van der Waals surface area contributed by atoms with Crippen LogP contribution in [0.4, 0.5) is 5.82 Å². The molecule has 3 rings (SSSR count). The molecule has 1 fully saturated rings. The van der Waals surface area contributed by atoms with Crippen LogP contribution in [-0.2, 0) is 22.5 Å². The van der Waals surface area contributed by atoms with E-state index in [1.54, 1.807) is 32.1 Å². The molecular weight excluding hydrogens is 536 g/mol. The summed E-state index contributed by atoms with van der Waals surface area (Å²) in [5.41, 5.74) is 1.84. The average molecular weight is 571 g/mol. The number of aromatic nitrogens is 1. The van der Waals surface area contributed by atoms with Crippen molar-refractivity contribution in [2.75, 3.05) is 45.8 Å². The second kappa shape index (κ2) is 14.2. The number of ether oxygens (including phenoxy) is 3. The summed E-state index contributed by atoms with van der Waals surface area (Å²) in [7, 11) is 3.18. The molecule has 11 heteroatoms. The van der Waals surface area contributed by atoms with Gasteiger partial charge in [-0.15, -0.1) is 0 Å². The van der Waals surface area contributed by atoms with Gasteiger partial charge in [0.15, 0.2) is 11.5 Å². The Morgan fingerprint density at radius 3 is 2.56 bits per heavy atom. The van der Waals surface area contributed by atoms with Crippen LogP contribution in [0.25, 0.3) is 6.08 Å². The molecule has 1 aromatic carbocycles. The van der Waals surface area contributed by atoms with Gasteiger partial charge in [0.1, 0.15) is 21.8 Å². The molecule has 0 aliphatic carbocycles. The molecule has 1 aromatic heterocycles. The van der Waals surface area contributed by atoms with Crippen LogP contribution in [0.3, 0.4) is 0 Å². The summed E-state index contributed by atoms with van der Waals surface area (Å²) in [5.74, 6) is 1.65. The van der Waals surface area contributed by atoms with Gasteiger partial charge in [-0.05, 0) is 62.9 Å². The van der Waals surface area contributed by atoms with E-state index >= 15 is 0 Å². The van der Waals surface area contributed by atoms with Crippen LogP contribution in [0.2, 0.25) is 0 Å². The predicted octanol–water partition coefficient (Wildman–Crippen LogP) is 4.35. The minimum absolute atomic E-state index is 0.0562. The summed E-state index contributed by atoms with van der Waals surface area (Å²) < 4.78 is 18.1. The van der Waals surface area contributed by atoms with Crippen LogP contribution in [0.1, 0.15) is 42.5 Å². The standard InChI is InChI=1S/C28H34N4O5S2/c1-6-31-25(30-12-11-19-9-10-22(35-4)23(15-19)36-5)20(18(3)21(17-29)26(31)33)16-24-27(34)32(28(38)39-24)13-8-14-37-7-2/h9-10,15-16,30H,6-8,11-14H2,1-5H3/b24-16+. The molecule has 0 bridgehead atoms. The van der Waals surface area contributed by atoms with E-state index < -0.39 is 0 Å². The van der Waals surface area contributed by atoms with Crippen molar-refractivity contribution in [1.29, 1.82) is 5.26 Å². The Bertz CT molecular complexity index is 1360. The fraction of sp³-hybridized carbons (Fsp3) is 0.429. The molecule has 1 aliphatic heterocycles. The topological polar surface area (TPSA) is 106 Å². The van der Waals surface area contributed by atoms with Crippen molar-refractivity contribution in [3.63, 3.8) is 0 Å². The lowest BCUT2D eigenvalue weighted by molar-refractivity contribution is -0.122. The lowest BCUT2D eigenvalue weighted by atomic mass is 10.0. The highest BCUT2D eigenvalue weighted by atomic mass is 32.2. The number of nitrogens with one attached hydrogen (secondary N) is 1. The lowest BCUT2D eigenvalue weighted by Gasteiger charge is -2.19. The van der Waals surface area contributed by atoms with E-state index in [2.05, 4.69) is 5.32 Å². The van der Waals surface area contributed by atoms with E-state index in [9.17, 15) is 14.9 Å². The summed E-state index contributed by atoms with van der Waals surface area (Å²) in [6.45, 7) is 7.99. The van der Waals surface area contributed by atoms with E-state index in [0.717, 1.165) is 5.56 Å². The molecule has 0 spiro atoms. The second-order valence-corrected chi connectivity index (χ2v) is 10.3. The normalized spacial score (nSPS) is 14.2. The highest BCUT2D eigenvalue weighted by Crippen LogP contribution is 2.35. The van der Waals surface area contributed by atoms with Gasteiger partial charge in [-0.1, -0.05) is 30.0 Å². The van der Waals surface area contributed by atoms with Gasteiger partial charge in [-0.3, -0.25) is 19.1 Å². The van der Waals surface area contributed by atoms with E-state index in [1.807, 2.05) is 38.1 Å². The zero-order valence-electron chi connectivity index (χ0n) is 23.0. The Morgan fingerprint density at radius 2 is 1.92 bits per heavy atom. The summed E-state index contributed by atoms with van der Waals surface area (Å²) in [6, 6.07) is 7.77. The molecule has 1 saturated heterocycles. The second-order valence-electron chi connectivity index (χ2n) is 8.67. The Morgan fingerprint density at radius 1 is 1.18 bits per heavy atom. The predicted molar refractivity (Wildman–Crippen MR) is 159 cm³/mol. The Kier molecular flexibility index (Phi) is 11.0. The summed E-state index contributed by atoms with van der Waals surface area (Å²) in [6.07, 6.45) is 3.05. The SMILES string of the molecule is CCOCCCN1C(=O)/C(=C\c2c(C)c(C#N)c(=O)n(CC)c2NCCc2ccc(OC)c(OC)c2)SC1=S. The monoisotopic (exact) mass is 570 g/mol. The number of anilines is 1. The molecule has 1 aliphatic rings. The zero-order valence-corrected chi connectivity index (χ0v) is 24.6. The summed E-state index contributed by atoms with van der Waals surface area (Å²) in [4.78, 5) is 28.4. The number of benzene rings is 1. The lowest BCUT2D eigenvalue weighted by Crippen LogP contribution is -2.30.